The molecule has 0 bridgehead atoms. The van der Waals surface area contributed by atoms with E-state index in [2.05, 4.69) is 0 Å². The van der Waals surface area contributed by atoms with E-state index in [1.54, 1.807) is 17.0 Å². The Morgan fingerprint density at radius 2 is 1.94 bits per heavy atom. The van der Waals surface area contributed by atoms with E-state index < -0.39 is 4.92 Å². The summed E-state index contributed by atoms with van der Waals surface area (Å²) in [4.78, 5) is 11.8. The number of hydrogen-bond donors (Lipinski definition) is 2. The van der Waals surface area contributed by atoms with E-state index in [4.69, 9.17) is 15.5 Å². The molecule has 96 valence electrons. The van der Waals surface area contributed by atoms with Crippen molar-refractivity contribution < 1.29 is 15.1 Å². The second kappa shape index (κ2) is 6.54. The number of nitro groups is 1. The standard InChI is InChI=1S/C11H13N3O4/c12-8-9-1-2-10(7-11(9)14(17)18)13(3-5-15)4-6-16/h1-2,7,15-16H,3-6H2. The number of nitro benzene ring substituents is 1. The highest BCUT2D eigenvalue weighted by Gasteiger charge is 2.16. The quantitative estimate of drug-likeness (QED) is 0.554. The molecule has 0 spiro atoms. The second-order valence-corrected chi connectivity index (χ2v) is 3.50. The van der Waals surface area contributed by atoms with Gasteiger partial charge in [0.25, 0.3) is 5.69 Å². The fraction of sp³-hybridized carbons (Fsp3) is 0.364. The lowest BCUT2D eigenvalue weighted by Gasteiger charge is -2.22. The Labute approximate surface area is 104 Å². The van der Waals surface area contributed by atoms with Gasteiger partial charge in [0.1, 0.15) is 11.6 Å². The van der Waals surface area contributed by atoms with Crippen molar-refractivity contribution in [2.75, 3.05) is 31.2 Å². The molecule has 0 unspecified atom stereocenters. The molecule has 0 saturated carbocycles. The molecule has 0 aliphatic heterocycles. The van der Waals surface area contributed by atoms with Crippen LogP contribution in [-0.4, -0.2) is 41.4 Å². The zero-order valence-electron chi connectivity index (χ0n) is 9.61. The number of aliphatic hydroxyl groups excluding tert-OH is 2. The molecule has 18 heavy (non-hydrogen) atoms. The van der Waals surface area contributed by atoms with Gasteiger partial charge in [-0.2, -0.15) is 5.26 Å². The molecule has 0 atom stereocenters. The number of rotatable bonds is 6. The number of benzene rings is 1. The Morgan fingerprint density at radius 3 is 2.39 bits per heavy atom. The van der Waals surface area contributed by atoms with Gasteiger partial charge in [0.2, 0.25) is 0 Å². The van der Waals surface area contributed by atoms with E-state index in [0.29, 0.717) is 5.69 Å². The van der Waals surface area contributed by atoms with Crippen LogP contribution in [0.4, 0.5) is 11.4 Å². The van der Waals surface area contributed by atoms with Crippen molar-refractivity contribution in [1.29, 1.82) is 5.26 Å². The highest BCUT2D eigenvalue weighted by Crippen LogP contribution is 2.24. The van der Waals surface area contributed by atoms with Crippen LogP contribution in [0.1, 0.15) is 5.56 Å². The van der Waals surface area contributed by atoms with Crippen molar-refractivity contribution in [3.63, 3.8) is 0 Å². The highest BCUT2D eigenvalue weighted by atomic mass is 16.6. The van der Waals surface area contributed by atoms with Crippen LogP contribution in [0.25, 0.3) is 0 Å². The summed E-state index contributed by atoms with van der Waals surface area (Å²) in [6.07, 6.45) is 0. The zero-order chi connectivity index (χ0) is 13.5. The Bertz CT molecular complexity index is 464. The van der Waals surface area contributed by atoms with Crippen molar-refractivity contribution in [2.24, 2.45) is 0 Å². The summed E-state index contributed by atoms with van der Waals surface area (Å²) in [7, 11) is 0. The van der Waals surface area contributed by atoms with Gasteiger partial charge in [-0.25, -0.2) is 0 Å². The molecule has 0 amide bonds. The van der Waals surface area contributed by atoms with Crippen molar-refractivity contribution in [3.05, 3.63) is 33.9 Å². The fourth-order valence-corrected chi connectivity index (χ4v) is 1.57. The van der Waals surface area contributed by atoms with Crippen LogP contribution >= 0.6 is 0 Å². The molecule has 2 N–H and O–H groups in total. The number of hydrogen-bond acceptors (Lipinski definition) is 6. The summed E-state index contributed by atoms with van der Waals surface area (Å²) >= 11 is 0. The van der Waals surface area contributed by atoms with Gasteiger partial charge in [-0.3, -0.25) is 10.1 Å². The fourth-order valence-electron chi connectivity index (χ4n) is 1.57. The molecule has 0 aromatic heterocycles. The van der Waals surface area contributed by atoms with E-state index in [-0.39, 0.29) is 37.6 Å². The van der Waals surface area contributed by atoms with Crippen molar-refractivity contribution >= 4 is 11.4 Å². The van der Waals surface area contributed by atoms with Gasteiger partial charge in [0, 0.05) is 24.8 Å². The minimum atomic E-state index is -0.627. The molecule has 0 aliphatic rings. The van der Waals surface area contributed by atoms with Crippen LogP contribution in [0.15, 0.2) is 18.2 Å². The summed E-state index contributed by atoms with van der Waals surface area (Å²) in [6, 6.07) is 5.92. The molecule has 0 radical (unpaired) electrons. The van der Waals surface area contributed by atoms with Gasteiger partial charge in [-0.05, 0) is 12.1 Å². The third-order valence-corrected chi connectivity index (χ3v) is 2.40. The molecule has 0 heterocycles. The van der Waals surface area contributed by atoms with Gasteiger partial charge in [0.05, 0.1) is 18.1 Å². The average Bonchev–Trinajstić information content (AvgIpc) is 2.37. The minimum Gasteiger partial charge on any atom is -0.395 e. The Hall–Kier alpha value is -2.17. The molecule has 0 aliphatic carbocycles. The third-order valence-electron chi connectivity index (χ3n) is 2.40. The smallest absolute Gasteiger partial charge is 0.289 e. The maximum absolute atomic E-state index is 10.8. The van der Waals surface area contributed by atoms with E-state index >= 15 is 0 Å². The molecule has 1 aromatic carbocycles. The first-order chi connectivity index (χ1) is 8.63. The SMILES string of the molecule is N#Cc1ccc(N(CCO)CCO)cc1[N+](=O)[O-]. The lowest BCUT2D eigenvalue weighted by atomic mass is 10.1. The van der Waals surface area contributed by atoms with Crippen molar-refractivity contribution in [3.8, 4) is 6.07 Å². The van der Waals surface area contributed by atoms with Crippen LogP contribution in [0.3, 0.4) is 0 Å². The first-order valence-electron chi connectivity index (χ1n) is 5.29. The summed E-state index contributed by atoms with van der Waals surface area (Å²) < 4.78 is 0. The van der Waals surface area contributed by atoms with E-state index in [0.717, 1.165) is 0 Å². The van der Waals surface area contributed by atoms with Gasteiger partial charge in [0.15, 0.2) is 0 Å². The predicted octanol–water partition coefficient (Wildman–Crippen LogP) is 0.257. The van der Waals surface area contributed by atoms with Gasteiger partial charge in [-0.1, -0.05) is 0 Å². The minimum absolute atomic E-state index is 0.0169. The van der Waals surface area contributed by atoms with Crippen LogP contribution < -0.4 is 4.90 Å². The van der Waals surface area contributed by atoms with Crippen molar-refractivity contribution in [2.45, 2.75) is 0 Å². The van der Waals surface area contributed by atoms with E-state index in [1.807, 2.05) is 0 Å². The summed E-state index contributed by atoms with van der Waals surface area (Å²) in [5.41, 5.74) is 0.191. The van der Waals surface area contributed by atoms with Gasteiger partial charge >= 0.3 is 0 Å². The van der Waals surface area contributed by atoms with Crippen LogP contribution in [0, 0.1) is 21.4 Å². The molecule has 1 rings (SSSR count). The maximum Gasteiger partial charge on any atom is 0.289 e. The number of nitriles is 1. The second-order valence-electron chi connectivity index (χ2n) is 3.50. The molecule has 7 nitrogen and oxygen atoms in total. The topological polar surface area (TPSA) is 111 Å². The highest BCUT2D eigenvalue weighted by molar-refractivity contribution is 5.60. The summed E-state index contributed by atoms with van der Waals surface area (Å²) in [5.74, 6) is 0. The normalized spacial score (nSPS) is 9.83. The Balaban J connectivity index is 3.13. The average molecular weight is 251 g/mol. The lowest BCUT2D eigenvalue weighted by molar-refractivity contribution is -0.385. The summed E-state index contributed by atoms with van der Waals surface area (Å²) in [6.45, 7) is 0.245. The number of nitrogens with zero attached hydrogens (tertiary/aromatic N) is 3. The lowest BCUT2D eigenvalue weighted by Crippen LogP contribution is -2.29. The molecular formula is C11H13N3O4. The number of aliphatic hydroxyl groups is 2. The molecular weight excluding hydrogens is 238 g/mol. The molecule has 1 aromatic rings. The predicted molar refractivity (Wildman–Crippen MR) is 64.2 cm³/mol. The molecule has 0 fully saturated rings. The maximum atomic E-state index is 10.8. The first kappa shape index (κ1) is 13.9. The number of anilines is 1. The zero-order valence-corrected chi connectivity index (χ0v) is 9.61. The largest absolute Gasteiger partial charge is 0.395 e. The Kier molecular flexibility index (Phi) is 5.05. The summed E-state index contributed by atoms with van der Waals surface area (Å²) in [5, 5.41) is 37.4. The monoisotopic (exact) mass is 251 g/mol. The van der Waals surface area contributed by atoms with Crippen molar-refractivity contribution in [1.82, 2.24) is 0 Å². The van der Waals surface area contributed by atoms with Crippen LogP contribution in [0.5, 0.6) is 0 Å². The Morgan fingerprint density at radius 1 is 1.33 bits per heavy atom. The molecule has 0 saturated heterocycles. The van der Waals surface area contributed by atoms with Crippen LogP contribution in [0.2, 0.25) is 0 Å². The van der Waals surface area contributed by atoms with Crippen LogP contribution in [-0.2, 0) is 0 Å². The molecule has 7 heteroatoms. The van der Waals surface area contributed by atoms with Gasteiger partial charge < -0.3 is 15.1 Å². The van der Waals surface area contributed by atoms with E-state index in [1.165, 1.54) is 12.1 Å². The first-order valence-corrected chi connectivity index (χ1v) is 5.29. The third kappa shape index (κ3) is 3.16. The van der Waals surface area contributed by atoms with Gasteiger partial charge in [-0.15, -0.1) is 0 Å². The van der Waals surface area contributed by atoms with E-state index in [9.17, 15) is 10.1 Å².